The van der Waals surface area contributed by atoms with Gasteiger partial charge in [-0.05, 0) is 54.5 Å². The van der Waals surface area contributed by atoms with Crippen LogP contribution in [-0.4, -0.2) is 15.0 Å². The maximum absolute atomic E-state index is 12.8. The first kappa shape index (κ1) is 15.5. The van der Waals surface area contributed by atoms with E-state index in [2.05, 4.69) is 33.2 Å². The number of nitrogens with one attached hydrogen (secondary N) is 1. The van der Waals surface area contributed by atoms with Crippen LogP contribution < -0.4 is 5.56 Å². The molecule has 0 aliphatic heterocycles. The molecule has 0 bridgehead atoms. The fraction of sp³-hybridized carbons (Fsp3) is 0.190. The van der Waals surface area contributed by atoms with E-state index in [0.29, 0.717) is 16.9 Å². The van der Waals surface area contributed by atoms with Crippen LogP contribution in [0, 0.1) is 0 Å². The Morgan fingerprint density at radius 3 is 2.77 bits per heavy atom. The number of pyridine rings is 1. The minimum absolute atomic E-state index is 0.107. The van der Waals surface area contributed by atoms with E-state index in [1.165, 1.54) is 35.3 Å². The van der Waals surface area contributed by atoms with Crippen molar-refractivity contribution >= 4 is 21.6 Å². The third-order valence-corrected chi connectivity index (χ3v) is 5.88. The molecule has 0 fully saturated rings. The molecule has 4 nitrogen and oxygen atoms in total. The third-order valence-electron chi connectivity index (χ3n) is 5.01. The van der Waals surface area contributed by atoms with Gasteiger partial charge in [0.05, 0.1) is 5.39 Å². The van der Waals surface area contributed by atoms with Gasteiger partial charge in [0, 0.05) is 17.1 Å². The summed E-state index contributed by atoms with van der Waals surface area (Å²) in [4.78, 5) is 25.4. The molecule has 0 saturated heterocycles. The average Bonchev–Trinajstić information content (AvgIpc) is 3.13. The molecule has 5 rings (SSSR count). The van der Waals surface area contributed by atoms with Crippen molar-refractivity contribution in [3.8, 4) is 22.6 Å². The zero-order valence-corrected chi connectivity index (χ0v) is 15.0. The van der Waals surface area contributed by atoms with Crippen molar-refractivity contribution in [3.63, 3.8) is 0 Å². The van der Waals surface area contributed by atoms with Gasteiger partial charge in [-0.25, -0.2) is 4.98 Å². The molecule has 1 aliphatic carbocycles. The Bertz CT molecular complexity index is 1160. The summed E-state index contributed by atoms with van der Waals surface area (Å²) >= 11 is 1.51. The van der Waals surface area contributed by atoms with Gasteiger partial charge < -0.3 is 4.98 Å². The topological polar surface area (TPSA) is 58.6 Å². The molecule has 26 heavy (non-hydrogen) atoms. The lowest BCUT2D eigenvalue weighted by atomic mass is 9.89. The molecule has 0 saturated carbocycles. The van der Waals surface area contributed by atoms with E-state index >= 15 is 0 Å². The normalized spacial score (nSPS) is 13.7. The highest BCUT2D eigenvalue weighted by Gasteiger charge is 2.16. The third kappa shape index (κ3) is 2.56. The van der Waals surface area contributed by atoms with Crippen LogP contribution in [0.25, 0.3) is 32.9 Å². The van der Waals surface area contributed by atoms with Gasteiger partial charge in [-0.3, -0.25) is 9.78 Å². The standard InChI is InChI=1S/C21H17N3OS/c25-20-18-16(15-9-8-13-5-1-2-6-14(13)11-15)12-26-21(18)24-19(23-20)17-7-3-4-10-22-17/h3-4,7-12H,1-2,5-6H2,(H,23,24,25). The molecule has 0 spiro atoms. The van der Waals surface area contributed by atoms with Gasteiger partial charge in [-0.1, -0.05) is 24.3 Å². The van der Waals surface area contributed by atoms with Gasteiger partial charge >= 0.3 is 0 Å². The van der Waals surface area contributed by atoms with E-state index in [1.807, 2.05) is 23.6 Å². The average molecular weight is 359 g/mol. The van der Waals surface area contributed by atoms with Crippen molar-refractivity contribution < 1.29 is 0 Å². The second kappa shape index (κ2) is 6.18. The lowest BCUT2D eigenvalue weighted by Gasteiger charge is -2.16. The molecular formula is C21H17N3OS. The quantitative estimate of drug-likeness (QED) is 0.569. The summed E-state index contributed by atoms with van der Waals surface area (Å²) in [6.07, 6.45) is 6.51. The molecule has 3 heterocycles. The zero-order valence-electron chi connectivity index (χ0n) is 14.2. The molecular weight excluding hydrogens is 342 g/mol. The molecule has 0 atom stereocenters. The Hall–Kier alpha value is -2.79. The summed E-state index contributed by atoms with van der Waals surface area (Å²) in [7, 11) is 0. The number of rotatable bonds is 2. The Morgan fingerprint density at radius 2 is 1.92 bits per heavy atom. The Kier molecular flexibility index (Phi) is 3.68. The second-order valence-electron chi connectivity index (χ2n) is 6.65. The van der Waals surface area contributed by atoms with E-state index in [9.17, 15) is 4.79 Å². The largest absolute Gasteiger partial charge is 0.305 e. The van der Waals surface area contributed by atoms with Crippen molar-refractivity contribution in [1.29, 1.82) is 0 Å². The molecule has 3 aromatic heterocycles. The highest BCUT2D eigenvalue weighted by atomic mass is 32.1. The van der Waals surface area contributed by atoms with Crippen LogP contribution in [0.3, 0.4) is 0 Å². The van der Waals surface area contributed by atoms with Gasteiger partial charge in [-0.2, -0.15) is 0 Å². The summed E-state index contributed by atoms with van der Waals surface area (Å²) in [5, 5.41) is 2.71. The smallest absolute Gasteiger partial charge is 0.260 e. The van der Waals surface area contributed by atoms with E-state index in [-0.39, 0.29) is 5.56 Å². The predicted molar refractivity (Wildman–Crippen MR) is 106 cm³/mol. The van der Waals surface area contributed by atoms with Crippen LogP contribution in [0.4, 0.5) is 0 Å². The molecule has 0 radical (unpaired) electrons. The highest BCUT2D eigenvalue weighted by Crippen LogP contribution is 2.34. The van der Waals surface area contributed by atoms with Crippen molar-refractivity contribution in [1.82, 2.24) is 15.0 Å². The van der Waals surface area contributed by atoms with Crippen LogP contribution in [0.5, 0.6) is 0 Å². The fourth-order valence-corrected chi connectivity index (χ4v) is 4.63. The number of nitrogens with zero attached hydrogens (tertiary/aromatic N) is 2. The number of aromatic amines is 1. The summed E-state index contributed by atoms with van der Waals surface area (Å²) in [5.41, 5.74) is 5.51. The fourth-order valence-electron chi connectivity index (χ4n) is 3.69. The van der Waals surface area contributed by atoms with Crippen LogP contribution in [0.2, 0.25) is 0 Å². The van der Waals surface area contributed by atoms with Crippen molar-refractivity contribution in [2.75, 3.05) is 0 Å². The summed E-state index contributed by atoms with van der Waals surface area (Å²) in [6, 6.07) is 12.2. The monoisotopic (exact) mass is 359 g/mol. The van der Waals surface area contributed by atoms with Gasteiger partial charge in [0.2, 0.25) is 0 Å². The lowest BCUT2D eigenvalue weighted by molar-refractivity contribution is 0.686. The lowest BCUT2D eigenvalue weighted by Crippen LogP contribution is -2.09. The molecule has 0 unspecified atom stereocenters. The van der Waals surface area contributed by atoms with E-state index < -0.39 is 0 Å². The Morgan fingerprint density at radius 1 is 1.04 bits per heavy atom. The maximum Gasteiger partial charge on any atom is 0.260 e. The Balaban J connectivity index is 1.65. The molecule has 1 aliphatic rings. The first-order chi connectivity index (χ1) is 12.8. The minimum atomic E-state index is -0.107. The number of thiophene rings is 1. The minimum Gasteiger partial charge on any atom is -0.305 e. The second-order valence-corrected chi connectivity index (χ2v) is 7.51. The molecule has 5 heteroatoms. The van der Waals surface area contributed by atoms with Crippen LogP contribution in [-0.2, 0) is 12.8 Å². The van der Waals surface area contributed by atoms with Gasteiger partial charge in [0.25, 0.3) is 5.56 Å². The summed E-state index contributed by atoms with van der Waals surface area (Å²) in [6.45, 7) is 0. The van der Waals surface area contributed by atoms with Crippen molar-refractivity contribution in [3.05, 3.63) is 69.5 Å². The molecule has 1 aromatic carbocycles. The van der Waals surface area contributed by atoms with Gasteiger partial charge in [-0.15, -0.1) is 11.3 Å². The number of aromatic nitrogens is 3. The maximum atomic E-state index is 12.8. The number of hydrogen-bond donors (Lipinski definition) is 1. The van der Waals surface area contributed by atoms with E-state index in [1.54, 1.807) is 6.20 Å². The van der Waals surface area contributed by atoms with Crippen LogP contribution in [0.15, 0.2) is 52.8 Å². The summed E-state index contributed by atoms with van der Waals surface area (Å²) in [5.74, 6) is 0.516. The van der Waals surface area contributed by atoms with Gasteiger partial charge in [0.1, 0.15) is 10.5 Å². The van der Waals surface area contributed by atoms with Crippen LogP contribution >= 0.6 is 11.3 Å². The number of H-pyrrole nitrogens is 1. The number of aryl methyl sites for hydroxylation is 2. The number of hydrogen-bond acceptors (Lipinski definition) is 4. The van der Waals surface area contributed by atoms with E-state index in [0.717, 1.165) is 28.8 Å². The molecule has 0 amide bonds. The Labute approximate surface area is 154 Å². The first-order valence-electron chi connectivity index (χ1n) is 8.85. The zero-order chi connectivity index (χ0) is 17.5. The molecule has 128 valence electrons. The van der Waals surface area contributed by atoms with Crippen LogP contribution in [0.1, 0.15) is 24.0 Å². The van der Waals surface area contributed by atoms with E-state index in [4.69, 9.17) is 0 Å². The summed E-state index contributed by atoms with van der Waals surface area (Å²) < 4.78 is 0. The van der Waals surface area contributed by atoms with Crippen molar-refractivity contribution in [2.24, 2.45) is 0 Å². The number of fused-ring (bicyclic) bond motifs is 2. The molecule has 4 aromatic rings. The number of benzene rings is 1. The first-order valence-corrected chi connectivity index (χ1v) is 9.73. The van der Waals surface area contributed by atoms with Gasteiger partial charge in [0.15, 0.2) is 5.82 Å². The highest BCUT2D eigenvalue weighted by molar-refractivity contribution is 7.17. The van der Waals surface area contributed by atoms with Crippen molar-refractivity contribution in [2.45, 2.75) is 25.7 Å². The molecule has 1 N–H and O–H groups in total. The SMILES string of the molecule is O=c1[nH]c(-c2ccccn2)nc2scc(-c3ccc4c(c3)CCCC4)c12. The predicted octanol–water partition coefficient (Wildman–Crippen LogP) is 4.59.